The molecule has 0 spiro atoms. The number of hydrogen-bond acceptors (Lipinski definition) is 6. The molecule has 0 saturated carbocycles. The third-order valence-corrected chi connectivity index (χ3v) is 5.75. The van der Waals surface area contributed by atoms with Crippen molar-refractivity contribution in [1.82, 2.24) is 10.9 Å². The van der Waals surface area contributed by atoms with Crippen LogP contribution in [0.2, 0.25) is 5.02 Å². The normalized spacial score (nSPS) is 10.5. The fourth-order valence-corrected chi connectivity index (χ4v) is 3.56. The lowest BCUT2D eigenvalue weighted by atomic mass is 10.0. The van der Waals surface area contributed by atoms with E-state index >= 15 is 0 Å². The van der Waals surface area contributed by atoms with Gasteiger partial charge >= 0.3 is 5.97 Å². The third kappa shape index (κ3) is 9.46. The Morgan fingerprint density at radius 2 is 1.54 bits per heavy atom. The number of benzene rings is 3. The molecule has 204 valence electrons. The van der Waals surface area contributed by atoms with Gasteiger partial charge in [0, 0.05) is 22.7 Å². The van der Waals surface area contributed by atoms with Crippen LogP contribution >= 0.6 is 11.6 Å². The summed E-state index contributed by atoms with van der Waals surface area (Å²) in [6, 6.07) is 19.1. The summed E-state index contributed by atoms with van der Waals surface area (Å²) < 4.78 is 10.9. The second-order valence-corrected chi connectivity index (χ2v) is 9.48. The summed E-state index contributed by atoms with van der Waals surface area (Å²) in [6.45, 7) is 5.60. The summed E-state index contributed by atoms with van der Waals surface area (Å²) in [5.41, 5.74) is 7.37. The van der Waals surface area contributed by atoms with Crippen LogP contribution in [-0.4, -0.2) is 30.3 Å². The van der Waals surface area contributed by atoms with Crippen LogP contribution < -0.4 is 20.9 Å². The van der Waals surface area contributed by atoms with Crippen molar-refractivity contribution in [3.05, 3.63) is 88.4 Å². The number of esters is 1. The monoisotopic (exact) mass is 551 g/mol. The minimum absolute atomic E-state index is 0.132. The van der Waals surface area contributed by atoms with Gasteiger partial charge in [0.05, 0.1) is 6.42 Å². The number of hydrazine groups is 1. The molecule has 3 aromatic carbocycles. The smallest absolute Gasteiger partial charge is 0.306 e. The summed E-state index contributed by atoms with van der Waals surface area (Å²) in [5, 5.41) is 3.18. The van der Waals surface area contributed by atoms with E-state index in [1.807, 2.05) is 13.0 Å². The zero-order chi connectivity index (χ0) is 28.4. The lowest BCUT2D eigenvalue weighted by Crippen LogP contribution is -2.43. The van der Waals surface area contributed by atoms with Crippen molar-refractivity contribution >= 4 is 41.0 Å². The van der Waals surface area contributed by atoms with Gasteiger partial charge in [-0.1, -0.05) is 37.6 Å². The van der Waals surface area contributed by atoms with E-state index in [0.29, 0.717) is 22.4 Å². The quantitative estimate of drug-likeness (QED) is 0.232. The van der Waals surface area contributed by atoms with E-state index in [1.165, 1.54) is 24.3 Å². The van der Waals surface area contributed by atoms with Gasteiger partial charge in [-0.3, -0.25) is 30.0 Å². The number of anilines is 1. The number of amides is 3. The predicted molar refractivity (Wildman–Crippen MR) is 148 cm³/mol. The number of ether oxygens (including phenoxy) is 2. The zero-order valence-electron chi connectivity index (χ0n) is 21.9. The maximum absolute atomic E-state index is 12.2. The van der Waals surface area contributed by atoms with Gasteiger partial charge in [-0.2, -0.15) is 0 Å². The van der Waals surface area contributed by atoms with E-state index in [1.54, 1.807) is 24.3 Å². The Morgan fingerprint density at radius 3 is 2.21 bits per heavy atom. The molecule has 3 rings (SSSR count). The summed E-state index contributed by atoms with van der Waals surface area (Å²) in [5.74, 6) is -0.680. The predicted octanol–water partition coefficient (Wildman–Crippen LogP) is 5.29. The Morgan fingerprint density at radius 1 is 0.846 bits per heavy atom. The molecule has 0 fully saturated rings. The maximum atomic E-state index is 12.2. The first-order chi connectivity index (χ1) is 18.6. The molecule has 3 amide bonds. The van der Waals surface area contributed by atoms with E-state index < -0.39 is 24.4 Å². The van der Waals surface area contributed by atoms with Crippen LogP contribution in [0.4, 0.5) is 5.69 Å². The fourth-order valence-electron chi connectivity index (χ4n) is 3.43. The molecule has 0 aromatic heterocycles. The molecule has 10 heteroatoms. The second-order valence-electron chi connectivity index (χ2n) is 9.04. The van der Waals surface area contributed by atoms with E-state index in [9.17, 15) is 19.2 Å². The highest BCUT2D eigenvalue weighted by Crippen LogP contribution is 2.32. The van der Waals surface area contributed by atoms with Gasteiger partial charge in [-0.15, -0.1) is 0 Å². The Labute approximate surface area is 231 Å². The maximum Gasteiger partial charge on any atom is 0.306 e. The molecular weight excluding hydrogens is 522 g/mol. The molecule has 0 atom stereocenters. The minimum atomic E-state index is -0.733. The molecule has 0 saturated heterocycles. The highest BCUT2D eigenvalue weighted by molar-refractivity contribution is 6.30. The highest BCUT2D eigenvalue weighted by Gasteiger charge is 2.13. The molecule has 0 radical (unpaired) electrons. The number of hydrogen-bond donors (Lipinski definition) is 3. The molecule has 0 aliphatic carbocycles. The van der Waals surface area contributed by atoms with Crippen LogP contribution in [0.1, 0.15) is 54.1 Å². The Bertz CT molecular complexity index is 1320. The topological polar surface area (TPSA) is 123 Å². The lowest BCUT2D eigenvalue weighted by molar-refractivity contribution is -0.149. The largest absolute Gasteiger partial charge is 0.457 e. The van der Waals surface area contributed by atoms with Crippen LogP contribution in [-0.2, 0) is 19.1 Å². The van der Waals surface area contributed by atoms with Crippen molar-refractivity contribution in [2.45, 2.75) is 39.5 Å². The Hall–Kier alpha value is -4.37. The number of carbonyl (C=O) groups is 4. The van der Waals surface area contributed by atoms with Crippen molar-refractivity contribution in [2.24, 2.45) is 0 Å². The van der Waals surface area contributed by atoms with Crippen molar-refractivity contribution < 1.29 is 28.7 Å². The van der Waals surface area contributed by atoms with Crippen LogP contribution in [0.15, 0.2) is 66.7 Å². The van der Waals surface area contributed by atoms with Crippen LogP contribution in [0.3, 0.4) is 0 Å². The van der Waals surface area contributed by atoms with Crippen molar-refractivity contribution in [2.75, 3.05) is 11.9 Å². The number of rotatable bonds is 10. The zero-order valence-corrected chi connectivity index (χ0v) is 22.6. The molecule has 9 nitrogen and oxygen atoms in total. The number of halogens is 1. The summed E-state index contributed by atoms with van der Waals surface area (Å²) in [6.07, 6.45) is -0.351. The first kappa shape index (κ1) is 29.2. The molecule has 39 heavy (non-hydrogen) atoms. The molecule has 0 aliphatic heterocycles. The number of nitrogens with one attached hydrogen (secondary N) is 3. The number of carbonyl (C=O) groups excluding carboxylic acids is 4. The van der Waals surface area contributed by atoms with Gasteiger partial charge in [0.15, 0.2) is 6.61 Å². The Kier molecular flexibility index (Phi) is 10.5. The molecular formula is C29H30ClN3O6. The summed E-state index contributed by atoms with van der Waals surface area (Å²) in [4.78, 5) is 47.9. The lowest BCUT2D eigenvalue weighted by Gasteiger charge is -2.15. The minimum Gasteiger partial charge on any atom is -0.457 e. The molecule has 0 heterocycles. The molecule has 3 N–H and O–H groups in total. The molecule has 3 aromatic rings. The number of aryl methyl sites for hydroxylation is 1. The summed E-state index contributed by atoms with van der Waals surface area (Å²) >= 11 is 5.77. The van der Waals surface area contributed by atoms with E-state index in [4.69, 9.17) is 21.1 Å². The van der Waals surface area contributed by atoms with Crippen molar-refractivity contribution in [3.63, 3.8) is 0 Å². The molecule has 0 aliphatic rings. The van der Waals surface area contributed by atoms with Crippen molar-refractivity contribution in [1.29, 1.82) is 0 Å². The van der Waals surface area contributed by atoms with E-state index in [-0.39, 0.29) is 24.3 Å². The summed E-state index contributed by atoms with van der Waals surface area (Å²) in [7, 11) is 0. The highest BCUT2D eigenvalue weighted by atomic mass is 35.5. The van der Waals surface area contributed by atoms with Crippen molar-refractivity contribution in [3.8, 4) is 11.5 Å². The van der Waals surface area contributed by atoms with Gasteiger partial charge in [-0.05, 0) is 78.6 Å². The Balaban J connectivity index is 1.37. The van der Waals surface area contributed by atoms with Gasteiger partial charge in [0.25, 0.3) is 11.8 Å². The van der Waals surface area contributed by atoms with E-state index in [2.05, 4.69) is 42.1 Å². The van der Waals surface area contributed by atoms with Gasteiger partial charge in [-0.25, -0.2) is 0 Å². The third-order valence-electron chi connectivity index (χ3n) is 5.50. The fraction of sp³-hybridized carbons (Fsp3) is 0.241. The molecule has 0 bridgehead atoms. The second kappa shape index (κ2) is 14.0. The average Bonchev–Trinajstić information content (AvgIpc) is 2.90. The van der Waals surface area contributed by atoms with Crippen LogP contribution in [0.25, 0.3) is 0 Å². The standard InChI is InChI=1S/C29H30ClN3O6/c1-18(2)24-13-4-19(3)16-25(24)39-23-11-9-22(10-12-23)31-26(34)14-15-28(36)38-17-27(35)32-33-29(37)20-5-7-21(30)8-6-20/h4-13,16,18H,14-15,17H2,1-3H3,(H,31,34)(H,32,35)(H,33,37). The van der Waals surface area contributed by atoms with Gasteiger partial charge in [0.1, 0.15) is 11.5 Å². The SMILES string of the molecule is Cc1ccc(C(C)C)c(Oc2ccc(NC(=O)CCC(=O)OCC(=O)NNC(=O)c3ccc(Cl)cc3)cc2)c1. The van der Waals surface area contributed by atoms with Crippen LogP contribution in [0.5, 0.6) is 11.5 Å². The average molecular weight is 552 g/mol. The first-order valence-corrected chi connectivity index (χ1v) is 12.7. The molecule has 0 unspecified atom stereocenters. The van der Waals surface area contributed by atoms with Crippen LogP contribution in [0, 0.1) is 6.92 Å². The van der Waals surface area contributed by atoms with Gasteiger partial charge < -0.3 is 14.8 Å². The van der Waals surface area contributed by atoms with E-state index in [0.717, 1.165) is 16.9 Å². The van der Waals surface area contributed by atoms with Gasteiger partial charge in [0.2, 0.25) is 5.91 Å². The first-order valence-electron chi connectivity index (χ1n) is 12.3.